The number of methoxy groups -OCH3 is 1. The maximum Gasteiger partial charge on any atom is 0.328 e. The van der Waals surface area contributed by atoms with Crippen molar-refractivity contribution in [2.75, 3.05) is 7.11 Å². The van der Waals surface area contributed by atoms with Crippen LogP contribution in [0.15, 0.2) is 54.6 Å². The van der Waals surface area contributed by atoms with Crippen LogP contribution in [-0.2, 0) is 9.53 Å². The molecule has 0 aromatic heterocycles. The van der Waals surface area contributed by atoms with Crippen molar-refractivity contribution in [3.63, 3.8) is 0 Å². The summed E-state index contributed by atoms with van der Waals surface area (Å²) in [6.07, 6.45) is 0.771. The van der Waals surface area contributed by atoms with Crippen LogP contribution in [0.3, 0.4) is 0 Å². The van der Waals surface area contributed by atoms with Gasteiger partial charge < -0.3 is 10.1 Å². The molecule has 0 radical (unpaired) electrons. The van der Waals surface area contributed by atoms with E-state index in [1.165, 1.54) is 7.11 Å². The van der Waals surface area contributed by atoms with Crippen LogP contribution in [0.25, 0.3) is 11.1 Å². The van der Waals surface area contributed by atoms with Gasteiger partial charge >= 0.3 is 5.97 Å². The minimum Gasteiger partial charge on any atom is -0.467 e. The van der Waals surface area contributed by atoms with Crippen molar-refractivity contribution in [3.05, 3.63) is 60.2 Å². The number of esters is 1. The van der Waals surface area contributed by atoms with Gasteiger partial charge in [0, 0.05) is 5.56 Å². The highest BCUT2D eigenvalue weighted by Crippen LogP contribution is 2.19. The lowest BCUT2D eigenvalue weighted by Gasteiger charge is -2.21. The first-order valence-corrected chi connectivity index (χ1v) is 8.11. The van der Waals surface area contributed by atoms with Gasteiger partial charge in [-0.2, -0.15) is 0 Å². The van der Waals surface area contributed by atoms with Crippen molar-refractivity contribution < 1.29 is 14.3 Å². The predicted octanol–water partition coefficient (Wildman–Crippen LogP) is 3.67. The van der Waals surface area contributed by atoms with Crippen molar-refractivity contribution in [2.45, 2.75) is 26.3 Å². The average molecular weight is 325 g/mol. The van der Waals surface area contributed by atoms with E-state index in [0.29, 0.717) is 5.56 Å². The SMILES string of the molecule is CC[C@@H](C)[C@@H](NC(=O)c1ccc(-c2ccccc2)cc1)C(=O)OC. The molecule has 1 amide bonds. The summed E-state index contributed by atoms with van der Waals surface area (Å²) in [7, 11) is 1.33. The van der Waals surface area contributed by atoms with Gasteiger partial charge in [-0.05, 0) is 29.2 Å². The molecule has 24 heavy (non-hydrogen) atoms. The Balaban J connectivity index is 2.13. The molecule has 2 aromatic rings. The molecule has 0 unspecified atom stereocenters. The first-order chi connectivity index (χ1) is 11.6. The summed E-state index contributed by atoms with van der Waals surface area (Å²) >= 11 is 0. The smallest absolute Gasteiger partial charge is 0.328 e. The van der Waals surface area contributed by atoms with Gasteiger partial charge in [-0.25, -0.2) is 4.79 Å². The Morgan fingerprint density at radius 1 is 1.00 bits per heavy atom. The van der Waals surface area contributed by atoms with Gasteiger partial charge in [0.15, 0.2) is 0 Å². The van der Waals surface area contributed by atoms with Gasteiger partial charge in [-0.15, -0.1) is 0 Å². The van der Waals surface area contributed by atoms with Crippen molar-refractivity contribution in [2.24, 2.45) is 5.92 Å². The van der Waals surface area contributed by atoms with Gasteiger partial charge in [0.05, 0.1) is 7.11 Å². The van der Waals surface area contributed by atoms with E-state index in [-0.39, 0.29) is 11.8 Å². The van der Waals surface area contributed by atoms with Crippen LogP contribution in [-0.4, -0.2) is 25.0 Å². The highest BCUT2D eigenvalue weighted by Gasteiger charge is 2.26. The molecule has 2 aromatic carbocycles. The van der Waals surface area contributed by atoms with E-state index >= 15 is 0 Å². The predicted molar refractivity (Wildman–Crippen MR) is 94.6 cm³/mol. The zero-order chi connectivity index (χ0) is 17.5. The second-order valence-corrected chi connectivity index (χ2v) is 5.80. The van der Waals surface area contributed by atoms with Crippen molar-refractivity contribution in [3.8, 4) is 11.1 Å². The van der Waals surface area contributed by atoms with Crippen LogP contribution >= 0.6 is 0 Å². The summed E-state index contributed by atoms with van der Waals surface area (Å²) in [4.78, 5) is 24.3. The first kappa shape index (κ1) is 17.7. The van der Waals surface area contributed by atoms with Gasteiger partial charge in [0.25, 0.3) is 5.91 Å². The van der Waals surface area contributed by atoms with E-state index in [9.17, 15) is 9.59 Å². The lowest BCUT2D eigenvalue weighted by Crippen LogP contribution is -2.45. The fourth-order valence-electron chi connectivity index (χ4n) is 2.47. The van der Waals surface area contributed by atoms with Gasteiger partial charge in [-0.1, -0.05) is 62.7 Å². The number of amides is 1. The molecule has 2 atom stereocenters. The average Bonchev–Trinajstić information content (AvgIpc) is 2.65. The van der Waals surface area contributed by atoms with Gasteiger partial charge in [0.1, 0.15) is 6.04 Å². The molecule has 0 heterocycles. The van der Waals surface area contributed by atoms with E-state index in [0.717, 1.165) is 17.5 Å². The number of hydrogen-bond donors (Lipinski definition) is 1. The van der Waals surface area contributed by atoms with E-state index in [2.05, 4.69) is 5.32 Å². The van der Waals surface area contributed by atoms with Crippen LogP contribution in [0.2, 0.25) is 0 Å². The number of nitrogens with one attached hydrogen (secondary N) is 1. The molecule has 0 spiro atoms. The standard InChI is InChI=1S/C20H23NO3/c1-4-14(2)18(20(23)24-3)21-19(22)17-12-10-16(11-13-17)15-8-6-5-7-9-15/h5-14,18H,4H2,1-3H3,(H,21,22)/t14-,18-/m1/s1. The first-order valence-electron chi connectivity index (χ1n) is 8.11. The maximum atomic E-state index is 12.4. The molecule has 4 nitrogen and oxygen atoms in total. The molecular formula is C20H23NO3. The molecule has 0 aliphatic rings. The third-order valence-electron chi connectivity index (χ3n) is 4.21. The number of rotatable bonds is 6. The zero-order valence-electron chi connectivity index (χ0n) is 14.3. The van der Waals surface area contributed by atoms with Crippen LogP contribution in [0.1, 0.15) is 30.6 Å². The quantitative estimate of drug-likeness (QED) is 0.825. The Kier molecular flexibility index (Phi) is 6.13. The summed E-state index contributed by atoms with van der Waals surface area (Å²) in [6, 6.07) is 16.7. The molecule has 0 saturated heterocycles. The zero-order valence-corrected chi connectivity index (χ0v) is 14.3. The Labute approximate surface area is 142 Å². The third kappa shape index (κ3) is 4.22. The highest BCUT2D eigenvalue weighted by molar-refractivity contribution is 5.97. The maximum absolute atomic E-state index is 12.4. The fourth-order valence-corrected chi connectivity index (χ4v) is 2.47. The molecule has 0 fully saturated rings. The summed E-state index contributed by atoms with van der Waals surface area (Å²) in [5, 5.41) is 2.78. The number of carbonyl (C=O) groups excluding carboxylic acids is 2. The lowest BCUT2D eigenvalue weighted by molar-refractivity contribution is -0.144. The summed E-state index contributed by atoms with van der Waals surface area (Å²) < 4.78 is 4.80. The van der Waals surface area contributed by atoms with Crippen molar-refractivity contribution in [1.29, 1.82) is 0 Å². The molecule has 0 saturated carbocycles. The molecule has 0 bridgehead atoms. The largest absolute Gasteiger partial charge is 0.467 e. The number of benzene rings is 2. The second kappa shape index (κ2) is 8.29. The molecule has 0 aliphatic carbocycles. The molecule has 126 valence electrons. The monoisotopic (exact) mass is 325 g/mol. The highest BCUT2D eigenvalue weighted by atomic mass is 16.5. The Bertz CT molecular complexity index is 680. The summed E-state index contributed by atoms with van der Waals surface area (Å²) in [5.74, 6) is -0.686. The minimum atomic E-state index is -0.638. The molecule has 0 aliphatic heterocycles. The van der Waals surface area contributed by atoms with E-state index in [1.54, 1.807) is 12.1 Å². The van der Waals surface area contributed by atoms with E-state index < -0.39 is 12.0 Å². The van der Waals surface area contributed by atoms with E-state index in [1.807, 2.05) is 56.3 Å². The van der Waals surface area contributed by atoms with Crippen molar-refractivity contribution in [1.82, 2.24) is 5.32 Å². The van der Waals surface area contributed by atoms with Crippen LogP contribution < -0.4 is 5.32 Å². The van der Waals surface area contributed by atoms with Crippen LogP contribution in [0, 0.1) is 5.92 Å². The molecular weight excluding hydrogens is 302 g/mol. The number of ether oxygens (including phenoxy) is 1. The summed E-state index contributed by atoms with van der Waals surface area (Å²) in [5.41, 5.74) is 2.65. The van der Waals surface area contributed by atoms with Crippen LogP contribution in [0.5, 0.6) is 0 Å². The lowest BCUT2D eigenvalue weighted by atomic mass is 9.98. The Morgan fingerprint density at radius 3 is 2.12 bits per heavy atom. The minimum absolute atomic E-state index is 0.00462. The fraction of sp³-hybridized carbons (Fsp3) is 0.300. The van der Waals surface area contributed by atoms with Gasteiger partial charge in [0.2, 0.25) is 0 Å². The normalized spacial score (nSPS) is 13.0. The number of carbonyl (C=O) groups is 2. The van der Waals surface area contributed by atoms with Gasteiger partial charge in [-0.3, -0.25) is 4.79 Å². The molecule has 2 rings (SSSR count). The second-order valence-electron chi connectivity index (χ2n) is 5.80. The Hall–Kier alpha value is -2.62. The third-order valence-corrected chi connectivity index (χ3v) is 4.21. The van der Waals surface area contributed by atoms with E-state index in [4.69, 9.17) is 4.74 Å². The number of hydrogen-bond acceptors (Lipinski definition) is 3. The summed E-state index contributed by atoms with van der Waals surface area (Å²) in [6.45, 7) is 3.89. The molecule has 1 N–H and O–H groups in total. The molecule has 4 heteroatoms. The Morgan fingerprint density at radius 2 is 1.58 bits per heavy atom. The van der Waals surface area contributed by atoms with Crippen molar-refractivity contribution >= 4 is 11.9 Å². The topological polar surface area (TPSA) is 55.4 Å². The van der Waals surface area contributed by atoms with Crippen LogP contribution in [0.4, 0.5) is 0 Å².